The van der Waals surface area contributed by atoms with Gasteiger partial charge in [0.25, 0.3) is 0 Å². The van der Waals surface area contributed by atoms with Gasteiger partial charge in [0.15, 0.2) is 0 Å². The van der Waals surface area contributed by atoms with E-state index < -0.39 is 0 Å². The summed E-state index contributed by atoms with van der Waals surface area (Å²) >= 11 is 0. The van der Waals surface area contributed by atoms with Crippen LogP contribution < -0.4 is 5.73 Å². The first-order valence-corrected chi connectivity index (χ1v) is 2.77. The molecular formula is C6H10N2. The molecule has 1 aliphatic heterocycles. The van der Waals surface area contributed by atoms with E-state index in [2.05, 4.69) is 11.1 Å². The maximum absolute atomic E-state index is 5.34. The lowest BCUT2D eigenvalue weighted by molar-refractivity contribution is 0.946. The number of nitrogens with two attached hydrogens (primary N) is 1. The van der Waals surface area contributed by atoms with Crippen LogP contribution in [-0.4, -0.2) is 18.8 Å². The molecule has 0 aromatic carbocycles. The summed E-state index contributed by atoms with van der Waals surface area (Å²) in [5.74, 6) is 0. The zero-order valence-electron chi connectivity index (χ0n) is 4.96. The van der Waals surface area contributed by atoms with Gasteiger partial charge in [-0.2, -0.15) is 0 Å². The Kier molecular flexibility index (Phi) is 1.44. The summed E-state index contributed by atoms with van der Waals surface area (Å²) < 4.78 is 0. The van der Waals surface area contributed by atoms with E-state index >= 15 is 0 Å². The zero-order chi connectivity index (χ0) is 5.98. The molecule has 1 rings (SSSR count). The number of hydrogen-bond donors (Lipinski definition) is 1. The van der Waals surface area contributed by atoms with E-state index in [-0.39, 0.29) is 0 Å². The van der Waals surface area contributed by atoms with Crippen LogP contribution in [0.1, 0.15) is 6.92 Å². The van der Waals surface area contributed by atoms with Crippen LogP contribution in [0.5, 0.6) is 0 Å². The van der Waals surface area contributed by atoms with Crippen LogP contribution in [0.4, 0.5) is 0 Å². The molecule has 0 unspecified atom stereocenters. The molecule has 0 aromatic heterocycles. The second-order valence-electron chi connectivity index (χ2n) is 1.96. The smallest absolute Gasteiger partial charge is 0.0658 e. The number of hydrogen-bond acceptors (Lipinski definition) is 2. The predicted molar refractivity (Wildman–Crippen MR) is 35.1 cm³/mol. The van der Waals surface area contributed by atoms with E-state index in [1.165, 1.54) is 0 Å². The highest BCUT2D eigenvalue weighted by atomic mass is 14.8. The van der Waals surface area contributed by atoms with Gasteiger partial charge in [-0.1, -0.05) is 6.08 Å². The van der Waals surface area contributed by atoms with Crippen molar-refractivity contribution < 1.29 is 0 Å². The number of aliphatic imine (C=N–C) groups is 1. The van der Waals surface area contributed by atoms with Crippen LogP contribution in [0, 0.1) is 0 Å². The van der Waals surface area contributed by atoms with Crippen LogP contribution in [0.15, 0.2) is 16.6 Å². The zero-order valence-corrected chi connectivity index (χ0v) is 4.96. The molecular weight excluding hydrogens is 100 g/mol. The average molecular weight is 110 g/mol. The van der Waals surface area contributed by atoms with E-state index in [0.717, 1.165) is 5.57 Å². The molecule has 0 saturated heterocycles. The van der Waals surface area contributed by atoms with E-state index in [9.17, 15) is 0 Å². The largest absolute Gasteiger partial charge is 0.326 e. The summed E-state index contributed by atoms with van der Waals surface area (Å²) in [6, 6.07) is 0.355. The molecule has 0 fully saturated rings. The van der Waals surface area contributed by atoms with Crippen molar-refractivity contribution >= 4 is 6.21 Å². The van der Waals surface area contributed by atoms with Crippen molar-refractivity contribution in [3.63, 3.8) is 0 Å². The maximum atomic E-state index is 5.34. The van der Waals surface area contributed by atoms with Crippen molar-refractivity contribution in [2.45, 2.75) is 13.0 Å². The van der Waals surface area contributed by atoms with Crippen LogP contribution in [-0.2, 0) is 0 Å². The molecule has 1 aliphatic rings. The Morgan fingerprint density at radius 3 is 2.88 bits per heavy atom. The second-order valence-corrected chi connectivity index (χ2v) is 1.96. The third kappa shape index (κ3) is 0.954. The van der Waals surface area contributed by atoms with Crippen LogP contribution in [0.2, 0.25) is 0 Å². The Morgan fingerprint density at radius 2 is 2.62 bits per heavy atom. The predicted octanol–water partition coefficient (Wildman–Crippen LogP) is 0.344. The summed E-state index contributed by atoms with van der Waals surface area (Å²) in [7, 11) is 0. The molecule has 2 nitrogen and oxygen atoms in total. The van der Waals surface area contributed by atoms with Gasteiger partial charge in [-0.25, -0.2) is 0 Å². The SMILES string of the molecule is C[C@H]1C=C(CN)C=N1. The minimum atomic E-state index is 0.355. The fraction of sp³-hybridized carbons (Fsp3) is 0.500. The Balaban J connectivity index is 2.58. The molecule has 0 radical (unpaired) electrons. The molecule has 44 valence electrons. The maximum Gasteiger partial charge on any atom is 0.0658 e. The van der Waals surface area contributed by atoms with E-state index in [1.54, 1.807) is 0 Å². The van der Waals surface area contributed by atoms with Crippen LogP contribution in [0.25, 0.3) is 0 Å². The first-order chi connectivity index (χ1) is 3.83. The second kappa shape index (κ2) is 2.09. The monoisotopic (exact) mass is 110 g/mol. The number of rotatable bonds is 1. The fourth-order valence-corrected chi connectivity index (χ4v) is 0.730. The number of nitrogens with zero attached hydrogens (tertiary/aromatic N) is 1. The Bertz CT molecular complexity index is 135. The average Bonchev–Trinajstić information content (AvgIpc) is 2.14. The van der Waals surface area contributed by atoms with Crippen LogP contribution >= 0.6 is 0 Å². The molecule has 0 spiro atoms. The van der Waals surface area contributed by atoms with Crippen molar-refractivity contribution in [3.05, 3.63) is 11.6 Å². The highest BCUT2D eigenvalue weighted by Gasteiger charge is 2.01. The van der Waals surface area contributed by atoms with Crippen molar-refractivity contribution in [2.24, 2.45) is 10.7 Å². The molecule has 2 N–H and O–H groups in total. The van der Waals surface area contributed by atoms with Gasteiger partial charge in [0.2, 0.25) is 0 Å². The van der Waals surface area contributed by atoms with Gasteiger partial charge in [-0.3, -0.25) is 4.99 Å². The lowest BCUT2D eigenvalue weighted by Crippen LogP contribution is -2.01. The van der Waals surface area contributed by atoms with Crippen LogP contribution in [0.3, 0.4) is 0 Å². The molecule has 8 heavy (non-hydrogen) atoms. The van der Waals surface area contributed by atoms with Gasteiger partial charge in [0.05, 0.1) is 6.04 Å². The van der Waals surface area contributed by atoms with Gasteiger partial charge in [-0.15, -0.1) is 0 Å². The Hall–Kier alpha value is -0.630. The van der Waals surface area contributed by atoms with E-state index in [1.807, 2.05) is 13.1 Å². The third-order valence-electron chi connectivity index (χ3n) is 1.17. The van der Waals surface area contributed by atoms with Gasteiger partial charge in [0.1, 0.15) is 0 Å². The normalized spacial score (nSPS) is 26.2. The standard InChI is InChI=1S/C6H10N2/c1-5-2-6(3-7)4-8-5/h2,4-5H,3,7H2,1H3/t5-/m0/s1. The molecule has 0 aromatic rings. The summed E-state index contributed by atoms with van der Waals surface area (Å²) in [5.41, 5.74) is 6.49. The molecule has 0 aliphatic carbocycles. The molecule has 0 saturated carbocycles. The highest BCUT2D eigenvalue weighted by Crippen LogP contribution is 2.03. The van der Waals surface area contributed by atoms with Crippen molar-refractivity contribution in [1.29, 1.82) is 0 Å². The first-order valence-electron chi connectivity index (χ1n) is 2.77. The topological polar surface area (TPSA) is 38.4 Å². The summed E-state index contributed by atoms with van der Waals surface area (Å²) in [6.45, 7) is 2.66. The summed E-state index contributed by atoms with van der Waals surface area (Å²) in [5, 5.41) is 0. The van der Waals surface area contributed by atoms with E-state index in [0.29, 0.717) is 12.6 Å². The molecule has 0 bridgehead atoms. The molecule has 1 atom stereocenters. The minimum Gasteiger partial charge on any atom is -0.326 e. The van der Waals surface area contributed by atoms with Gasteiger partial charge < -0.3 is 5.73 Å². The third-order valence-corrected chi connectivity index (χ3v) is 1.17. The van der Waals surface area contributed by atoms with E-state index in [4.69, 9.17) is 5.73 Å². The summed E-state index contributed by atoms with van der Waals surface area (Å²) in [6.07, 6.45) is 3.91. The van der Waals surface area contributed by atoms with Gasteiger partial charge in [0, 0.05) is 12.8 Å². The van der Waals surface area contributed by atoms with Crippen molar-refractivity contribution in [2.75, 3.05) is 6.54 Å². The van der Waals surface area contributed by atoms with Gasteiger partial charge >= 0.3 is 0 Å². The first kappa shape index (κ1) is 5.51. The summed E-state index contributed by atoms with van der Waals surface area (Å²) in [4.78, 5) is 4.09. The lowest BCUT2D eigenvalue weighted by atomic mass is 10.2. The highest BCUT2D eigenvalue weighted by molar-refractivity contribution is 5.81. The Morgan fingerprint density at radius 1 is 1.88 bits per heavy atom. The van der Waals surface area contributed by atoms with Crippen molar-refractivity contribution in [1.82, 2.24) is 0 Å². The quantitative estimate of drug-likeness (QED) is 0.519. The lowest BCUT2D eigenvalue weighted by Gasteiger charge is -1.87. The minimum absolute atomic E-state index is 0.355. The van der Waals surface area contributed by atoms with Gasteiger partial charge in [-0.05, 0) is 12.5 Å². The Labute approximate surface area is 49.1 Å². The fourth-order valence-electron chi connectivity index (χ4n) is 0.730. The molecule has 1 heterocycles. The van der Waals surface area contributed by atoms with Crippen molar-refractivity contribution in [3.8, 4) is 0 Å². The molecule has 2 heteroatoms. The molecule has 0 amide bonds.